The van der Waals surface area contributed by atoms with Gasteiger partial charge in [-0.05, 0) is 65.2 Å². The van der Waals surface area contributed by atoms with E-state index in [9.17, 15) is 32.7 Å². The fourth-order valence-electron chi connectivity index (χ4n) is 6.14. The van der Waals surface area contributed by atoms with Gasteiger partial charge in [0, 0.05) is 71.5 Å². The van der Waals surface area contributed by atoms with E-state index < -0.39 is 41.4 Å². The van der Waals surface area contributed by atoms with Crippen LogP contribution in [0.15, 0.2) is 100 Å². The van der Waals surface area contributed by atoms with Crippen LogP contribution in [0.25, 0.3) is 28.2 Å². The van der Waals surface area contributed by atoms with Gasteiger partial charge in [0.15, 0.2) is 0 Å². The SMILES string of the molecule is O=C(O)/C=C/c1cccc(-c2c(CC(=O)Nc3ccc(Cl)cc3C(F)(F)F)c(=O)oc3cc(Cl)c(CN4CCN(c5ccccc5)CC4)cc23)c1. The zero-order valence-corrected chi connectivity index (χ0v) is 28.4. The molecule has 5 aromatic rings. The standard InChI is InChI=1S/C38H30Cl2F3N3O5/c39-26-10-11-32(30(19-26)38(41,42)43)44-34(47)20-29-36(24-6-4-5-23(17-24)9-12-35(48)49)28-18-25(31(40)21-33(28)51-37(29)50)22-45-13-15-46(16-14-45)27-7-2-1-3-8-27/h1-12,17-19,21H,13-16,20,22H2,(H,44,47)(H,48,49)/b12-9+. The van der Waals surface area contributed by atoms with Crippen LogP contribution in [0.1, 0.15) is 22.3 Å². The van der Waals surface area contributed by atoms with Crippen LogP contribution in [0.4, 0.5) is 24.5 Å². The smallest absolute Gasteiger partial charge is 0.418 e. The summed E-state index contributed by atoms with van der Waals surface area (Å²) in [4.78, 5) is 42.7. The minimum atomic E-state index is -4.81. The maximum atomic E-state index is 13.8. The van der Waals surface area contributed by atoms with Crippen LogP contribution in [-0.2, 0) is 28.7 Å². The van der Waals surface area contributed by atoms with Crippen molar-refractivity contribution >= 4 is 63.5 Å². The van der Waals surface area contributed by atoms with Crippen LogP contribution >= 0.6 is 23.2 Å². The first kappa shape index (κ1) is 35.7. The number of halogens is 5. The van der Waals surface area contributed by atoms with Crippen molar-refractivity contribution < 1.29 is 32.3 Å². The van der Waals surface area contributed by atoms with Gasteiger partial charge in [0.1, 0.15) is 5.58 Å². The molecule has 2 heterocycles. The highest BCUT2D eigenvalue weighted by molar-refractivity contribution is 6.32. The minimum absolute atomic E-state index is 0.105. The molecule has 0 atom stereocenters. The number of carboxylic acid groups (broad SMARTS) is 1. The Morgan fingerprint density at radius 3 is 2.37 bits per heavy atom. The number of fused-ring (bicyclic) bond motifs is 1. The lowest BCUT2D eigenvalue weighted by molar-refractivity contribution is -0.137. The van der Waals surface area contributed by atoms with Gasteiger partial charge < -0.3 is 19.7 Å². The van der Waals surface area contributed by atoms with Gasteiger partial charge >= 0.3 is 17.8 Å². The van der Waals surface area contributed by atoms with Gasteiger partial charge in [-0.1, -0.05) is 59.6 Å². The molecule has 13 heteroatoms. The van der Waals surface area contributed by atoms with Crippen molar-refractivity contribution in [2.45, 2.75) is 19.1 Å². The summed E-state index contributed by atoms with van der Waals surface area (Å²) in [5.41, 5.74) is 0.624. The molecule has 1 aliphatic rings. The highest BCUT2D eigenvalue weighted by Gasteiger charge is 2.34. The number of rotatable bonds is 9. The van der Waals surface area contributed by atoms with Crippen molar-refractivity contribution in [3.63, 3.8) is 0 Å². The number of benzene rings is 4. The third kappa shape index (κ3) is 8.45. The summed E-state index contributed by atoms with van der Waals surface area (Å²) in [5, 5.41) is 12.1. The van der Waals surface area contributed by atoms with E-state index in [2.05, 4.69) is 27.2 Å². The molecule has 0 unspecified atom stereocenters. The van der Waals surface area contributed by atoms with Gasteiger partial charge in [0.2, 0.25) is 5.91 Å². The number of nitrogens with one attached hydrogen (secondary N) is 1. The lowest BCUT2D eigenvalue weighted by Crippen LogP contribution is -2.46. The predicted molar refractivity (Wildman–Crippen MR) is 192 cm³/mol. The third-order valence-electron chi connectivity index (χ3n) is 8.55. The largest absolute Gasteiger partial charge is 0.478 e. The van der Waals surface area contributed by atoms with Gasteiger partial charge in [0.05, 0.1) is 23.2 Å². The molecule has 262 valence electrons. The van der Waals surface area contributed by atoms with E-state index in [-0.39, 0.29) is 16.2 Å². The molecular weight excluding hydrogens is 706 g/mol. The monoisotopic (exact) mass is 735 g/mol. The number of anilines is 2. The van der Waals surface area contributed by atoms with Gasteiger partial charge in [-0.25, -0.2) is 9.59 Å². The van der Waals surface area contributed by atoms with Crippen LogP contribution in [0, 0.1) is 0 Å². The molecule has 2 N–H and O–H groups in total. The molecular formula is C38H30Cl2F3N3O5. The maximum absolute atomic E-state index is 13.8. The molecule has 4 aromatic carbocycles. The first-order chi connectivity index (χ1) is 24.4. The maximum Gasteiger partial charge on any atom is 0.418 e. The Bertz CT molecular complexity index is 2200. The fourth-order valence-corrected chi connectivity index (χ4v) is 6.53. The molecule has 1 aromatic heterocycles. The molecule has 1 saturated heterocycles. The molecule has 0 aliphatic carbocycles. The molecule has 0 bridgehead atoms. The van der Waals surface area contributed by atoms with E-state index in [1.165, 1.54) is 12.1 Å². The number of hydrogen-bond acceptors (Lipinski definition) is 6. The highest BCUT2D eigenvalue weighted by Crippen LogP contribution is 2.38. The number of nitrogens with zero attached hydrogens (tertiary/aromatic N) is 2. The summed E-state index contributed by atoms with van der Waals surface area (Å²) in [7, 11) is 0. The highest BCUT2D eigenvalue weighted by atomic mass is 35.5. The summed E-state index contributed by atoms with van der Waals surface area (Å²) in [5.74, 6) is -2.06. The van der Waals surface area contributed by atoms with E-state index >= 15 is 0 Å². The van der Waals surface area contributed by atoms with Gasteiger partial charge in [-0.3, -0.25) is 9.69 Å². The Hall–Kier alpha value is -5.10. The second-order valence-corrected chi connectivity index (χ2v) is 12.8. The molecule has 6 rings (SSSR count). The van der Waals surface area contributed by atoms with Crippen molar-refractivity contribution in [1.82, 2.24) is 4.90 Å². The fraction of sp³-hybridized carbons (Fsp3) is 0.184. The summed E-state index contributed by atoms with van der Waals surface area (Å²) < 4.78 is 47.0. The van der Waals surface area contributed by atoms with Gasteiger partial charge in [0.25, 0.3) is 0 Å². The zero-order valence-electron chi connectivity index (χ0n) is 26.8. The molecule has 1 amide bonds. The Morgan fingerprint density at radius 1 is 0.922 bits per heavy atom. The number of piperazine rings is 1. The van der Waals surface area contributed by atoms with Gasteiger partial charge in [-0.15, -0.1) is 0 Å². The van der Waals surface area contributed by atoms with Crippen LogP contribution in [0.3, 0.4) is 0 Å². The Morgan fingerprint density at radius 2 is 1.67 bits per heavy atom. The van der Waals surface area contributed by atoms with E-state index in [0.717, 1.165) is 49.6 Å². The molecule has 1 fully saturated rings. The molecule has 1 aliphatic heterocycles. The summed E-state index contributed by atoms with van der Waals surface area (Å²) in [6, 6.07) is 23.1. The number of carbonyl (C=O) groups is 2. The number of alkyl halides is 3. The molecule has 0 radical (unpaired) electrons. The molecule has 51 heavy (non-hydrogen) atoms. The average molecular weight is 737 g/mol. The van der Waals surface area contributed by atoms with Crippen LogP contribution in [0.5, 0.6) is 0 Å². The van der Waals surface area contributed by atoms with E-state index in [1.807, 2.05) is 18.2 Å². The van der Waals surface area contributed by atoms with Crippen LogP contribution < -0.4 is 15.8 Å². The van der Waals surface area contributed by atoms with Crippen LogP contribution in [-0.4, -0.2) is 48.1 Å². The van der Waals surface area contributed by atoms with E-state index in [1.54, 1.807) is 36.4 Å². The third-order valence-corrected chi connectivity index (χ3v) is 9.14. The van der Waals surface area contributed by atoms with Crippen molar-refractivity contribution in [3.8, 4) is 11.1 Å². The Balaban J connectivity index is 1.39. The number of amides is 1. The Kier molecular flexibility index (Phi) is 10.5. The van der Waals surface area contributed by atoms with Crippen molar-refractivity contribution in [3.05, 3.63) is 134 Å². The number of carboxylic acids is 1. The number of carbonyl (C=O) groups excluding carboxylic acids is 1. The van der Waals surface area contributed by atoms with E-state index in [0.29, 0.717) is 39.7 Å². The Labute approximate surface area is 300 Å². The van der Waals surface area contributed by atoms with Crippen molar-refractivity contribution in [2.75, 3.05) is 36.4 Å². The quantitative estimate of drug-likeness (QED) is 0.116. The first-order valence-electron chi connectivity index (χ1n) is 15.8. The number of aliphatic carboxylic acids is 1. The normalized spacial score (nSPS) is 13.9. The lowest BCUT2D eigenvalue weighted by atomic mass is 9.93. The number of para-hydroxylation sites is 1. The second-order valence-electron chi connectivity index (χ2n) is 12.0. The average Bonchev–Trinajstić information content (AvgIpc) is 3.09. The summed E-state index contributed by atoms with van der Waals surface area (Å²) in [6.07, 6.45) is -3.11. The predicted octanol–water partition coefficient (Wildman–Crippen LogP) is 8.39. The van der Waals surface area contributed by atoms with E-state index in [4.69, 9.17) is 27.6 Å². The van der Waals surface area contributed by atoms with Crippen molar-refractivity contribution in [2.24, 2.45) is 0 Å². The lowest BCUT2D eigenvalue weighted by Gasteiger charge is -2.36. The van der Waals surface area contributed by atoms with Gasteiger partial charge in [-0.2, -0.15) is 13.2 Å². The first-order valence-corrected chi connectivity index (χ1v) is 16.6. The summed E-state index contributed by atoms with van der Waals surface area (Å²) in [6.45, 7) is 3.59. The summed E-state index contributed by atoms with van der Waals surface area (Å²) >= 11 is 12.5. The minimum Gasteiger partial charge on any atom is -0.478 e. The van der Waals surface area contributed by atoms with Crippen LogP contribution in [0.2, 0.25) is 10.0 Å². The molecule has 8 nitrogen and oxygen atoms in total. The van der Waals surface area contributed by atoms with Crippen molar-refractivity contribution in [1.29, 1.82) is 0 Å². The second kappa shape index (κ2) is 15.0. The molecule has 0 saturated carbocycles. The molecule has 0 spiro atoms. The number of hydrogen-bond donors (Lipinski definition) is 2. The zero-order chi connectivity index (χ0) is 36.3. The topological polar surface area (TPSA) is 103 Å².